The molecule has 0 spiro atoms. The lowest BCUT2D eigenvalue weighted by Crippen LogP contribution is -2.14. The Bertz CT molecular complexity index is 807. The SMILES string of the molecule is COc1ccc(C)cc1NC(=O)/C(C#N)=C/c1cccc(Br)c1. The lowest BCUT2D eigenvalue weighted by Gasteiger charge is -2.10. The molecule has 0 saturated carbocycles. The van der Waals surface area contributed by atoms with E-state index in [9.17, 15) is 10.1 Å². The fraction of sp³-hybridized carbons (Fsp3) is 0.111. The number of anilines is 1. The number of halogens is 1. The van der Waals surface area contributed by atoms with Crippen LogP contribution in [0, 0.1) is 18.3 Å². The minimum Gasteiger partial charge on any atom is -0.495 e. The van der Waals surface area contributed by atoms with Gasteiger partial charge in [0.1, 0.15) is 17.4 Å². The first-order valence-corrected chi connectivity index (χ1v) is 7.66. The van der Waals surface area contributed by atoms with Crippen LogP contribution in [0.1, 0.15) is 11.1 Å². The molecule has 2 rings (SSSR count). The molecule has 2 aromatic carbocycles. The summed E-state index contributed by atoms with van der Waals surface area (Å²) in [6.45, 7) is 1.91. The van der Waals surface area contributed by atoms with Crippen LogP contribution in [0.5, 0.6) is 5.75 Å². The van der Waals surface area contributed by atoms with Crippen LogP contribution < -0.4 is 10.1 Å². The van der Waals surface area contributed by atoms with Crippen molar-refractivity contribution in [3.8, 4) is 11.8 Å². The van der Waals surface area contributed by atoms with Crippen LogP contribution in [0.2, 0.25) is 0 Å². The molecule has 0 unspecified atom stereocenters. The summed E-state index contributed by atoms with van der Waals surface area (Å²) in [7, 11) is 1.53. The third-order valence-electron chi connectivity index (χ3n) is 3.13. The van der Waals surface area contributed by atoms with E-state index in [2.05, 4.69) is 21.2 Å². The van der Waals surface area contributed by atoms with Gasteiger partial charge >= 0.3 is 0 Å². The molecule has 0 saturated heterocycles. The Hall–Kier alpha value is -2.58. The van der Waals surface area contributed by atoms with Crippen molar-refractivity contribution in [1.82, 2.24) is 0 Å². The molecule has 0 fully saturated rings. The van der Waals surface area contributed by atoms with Crippen molar-refractivity contribution in [2.75, 3.05) is 12.4 Å². The normalized spacial score (nSPS) is 10.8. The second-order valence-electron chi connectivity index (χ2n) is 4.88. The van der Waals surface area contributed by atoms with E-state index in [1.807, 2.05) is 43.3 Å². The molecule has 0 radical (unpaired) electrons. The molecule has 2 aromatic rings. The molecule has 4 nitrogen and oxygen atoms in total. The molecule has 0 aliphatic carbocycles. The predicted molar refractivity (Wildman–Crippen MR) is 94.1 cm³/mol. The number of carbonyl (C=O) groups is 1. The molecule has 0 heterocycles. The standard InChI is InChI=1S/C18H15BrN2O2/c1-12-6-7-17(23-2)16(8-12)21-18(22)14(11-20)9-13-4-3-5-15(19)10-13/h3-10H,1-2H3,(H,21,22)/b14-9+. The van der Waals surface area contributed by atoms with Crippen molar-refractivity contribution in [1.29, 1.82) is 5.26 Å². The molecule has 116 valence electrons. The van der Waals surface area contributed by atoms with Crippen molar-refractivity contribution in [2.45, 2.75) is 6.92 Å². The van der Waals surface area contributed by atoms with Gasteiger partial charge in [-0.05, 0) is 48.4 Å². The maximum Gasteiger partial charge on any atom is 0.266 e. The molecule has 1 amide bonds. The largest absolute Gasteiger partial charge is 0.495 e. The number of ether oxygens (including phenoxy) is 1. The van der Waals surface area contributed by atoms with Crippen molar-refractivity contribution in [3.05, 3.63) is 63.6 Å². The van der Waals surface area contributed by atoms with Crippen LogP contribution in [0.15, 0.2) is 52.5 Å². The first kappa shape index (κ1) is 16.8. The Morgan fingerprint density at radius 2 is 2.09 bits per heavy atom. The van der Waals surface area contributed by atoms with Crippen LogP contribution in [0.25, 0.3) is 6.08 Å². The molecule has 5 heteroatoms. The zero-order valence-corrected chi connectivity index (χ0v) is 14.3. The number of nitriles is 1. The second-order valence-corrected chi connectivity index (χ2v) is 5.80. The van der Waals surface area contributed by atoms with Gasteiger partial charge in [0.25, 0.3) is 5.91 Å². The van der Waals surface area contributed by atoms with Crippen molar-refractivity contribution in [2.24, 2.45) is 0 Å². The average molecular weight is 371 g/mol. The first-order chi connectivity index (χ1) is 11.0. The number of amides is 1. The highest BCUT2D eigenvalue weighted by molar-refractivity contribution is 9.10. The van der Waals surface area contributed by atoms with Gasteiger partial charge in [0.05, 0.1) is 12.8 Å². The number of hydrogen-bond donors (Lipinski definition) is 1. The Balaban J connectivity index is 2.28. The monoisotopic (exact) mass is 370 g/mol. The fourth-order valence-electron chi connectivity index (χ4n) is 2.02. The van der Waals surface area contributed by atoms with Crippen LogP contribution in [-0.4, -0.2) is 13.0 Å². The summed E-state index contributed by atoms with van der Waals surface area (Å²) < 4.78 is 6.10. The van der Waals surface area contributed by atoms with Gasteiger partial charge < -0.3 is 10.1 Å². The Labute approximate surface area is 143 Å². The molecule has 0 aliphatic rings. The van der Waals surface area contributed by atoms with Crippen molar-refractivity contribution < 1.29 is 9.53 Å². The smallest absolute Gasteiger partial charge is 0.266 e. The Morgan fingerprint density at radius 3 is 2.74 bits per heavy atom. The Kier molecular flexibility index (Phi) is 5.56. The molecule has 0 atom stereocenters. The van der Waals surface area contributed by atoms with Gasteiger partial charge in [0, 0.05) is 4.47 Å². The number of nitrogens with one attached hydrogen (secondary N) is 1. The molecule has 1 N–H and O–H groups in total. The quantitative estimate of drug-likeness (QED) is 0.644. The second kappa shape index (κ2) is 7.61. The van der Waals surface area contributed by atoms with Crippen LogP contribution in [0.4, 0.5) is 5.69 Å². The number of aryl methyl sites for hydroxylation is 1. The van der Waals surface area contributed by atoms with E-state index < -0.39 is 5.91 Å². The van der Waals surface area contributed by atoms with Crippen molar-refractivity contribution >= 4 is 33.6 Å². The van der Waals surface area contributed by atoms with E-state index >= 15 is 0 Å². The topological polar surface area (TPSA) is 62.1 Å². The highest BCUT2D eigenvalue weighted by Crippen LogP contribution is 2.26. The number of rotatable bonds is 4. The molecule has 0 aliphatic heterocycles. The predicted octanol–water partition coefficient (Wildman–Crippen LogP) is 4.31. The number of nitrogens with zero attached hydrogens (tertiary/aromatic N) is 1. The van der Waals surface area contributed by atoms with E-state index in [1.165, 1.54) is 7.11 Å². The molecular formula is C18H15BrN2O2. The van der Waals surface area contributed by atoms with Crippen LogP contribution in [0.3, 0.4) is 0 Å². The van der Waals surface area contributed by atoms with Gasteiger partial charge in [-0.2, -0.15) is 5.26 Å². The summed E-state index contributed by atoms with van der Waals surface area (Å²) in [4.78, 5) is 12.3. The maximum absolute atomic E-state index is 12.3. The van der Waals surface area contributed by atoms with Gasteiger partial charge in [-0.3, -0.25) is 4.79 Å². The number of carbonyl (C=O) groups excluding carboxylic acids is 1. The summed E-state index contributed by atoms with van der Waals surface area (Å²) in [5.41, 5.74) is 2.30. The molecule has 0 aromatic heterocycles. The summed E-state index contributed by atoms with van der Waals surface area (Å²) in [6.07, 6.45) is 1.54. The van der Waals surface area contributed by atoms with E-state index in [4.69, 9.17) is 4.74 Å². The van der Waals surface area contributed by atoms with E-state index in [0.717, 1.165) is 15.6 Å². The van der Waals surface area contributed by atoms with Gasteiger partial charge in [-0.1, -0.05) is 34.1 Å². The molecular weight excluding hydrogens is 356 g/mol. The van der Waals surface area contributed by atoms with E-state index in [-0.39, 0.29) is 5.57 Å². The number of methoxy groups -OCH3 is 1. The van der Waals surface area contributed by atoms with Gasteiger partial charge in [0.2, 0.25) is 0 Å². The average Bonchev–Trinajstić information content (AvgIpc) is 2.53. The Morgan fingerprint density at radius 1 is 1.30 bits per heavy atom. The van der Waals surface area contributed by atoms with Crippen LogP contribution in [-0.2, 0) is 4.79 Å². The zero-order chi connectivity index (χ0) is 16.8. The van der Waals surface area contributed by atoms with Gasteiger partial charge in [-0.25, -0.2) is 0 Å². The third kappa shape index (κ3) is 4.44. The number of benzene rings is 2. The molecule has 23 heavy (non-hydrogen) atoms. The summed E-state index contributed by atoms with van der Waals surface area (Å²) >= 11 is 3.36. The highest BCUT2D eigenvalue weighted by atomic mass is 79.9. The number of hydrogen-bond acceptors (Lipinski definition) is 3. The summed E-state index contributed by atoms with van der Waals surface area (Å²) in [5, 5.41) is 12.0. The summed E-state index contributed by atoms with van der Waals surface area (Å²) in [6, 6.07) is 14.8. The van der Waals surface area contributed by atoms with Crippen LogP contribution >= 0.6 is 15.9 Å². The van der Waals surface area contributed by atoms with Crippen molar-refractivity contribution in [3.63, 3.8) is 0 Å². The lowest BCUT2D eigenvalue weighted by atomic mass is 10.1. The van der Waals surface area contributed by atoms with E-state index in [1.54, 1.807) is 18.2 Å². The lowest BCUT2D eigenvalue weighted by molar-refractivity contribution is -0.112. The third-order valence-corrected chi connectivity index (χ3v) is 3.62. The first-order valence-electron chi connectivity index (χ1n) is 6.87. The minimum absolute atomic E-state index is 0.0201. The minimum atomic E-state index is -0.476. The van der Waals surface area contributed by atoms with E-state index in [0.29, 0.717) is 11.4 Å². The highest BCUT2D eigenvalue weighted by Gasteiger charge is 2.12. The fourth-order valence-corrected chi connectivity index (χ4v) is 2.44. The maximum atomic E-state index is 12.3. The zero-order valence-electron chi connectivity index (χ0n) is 12.8. The van der Waals surface area contributed by atoms with Gasteiger partial charge in [0.15, 0.2) is 0 Å². The summed E-state index contributed by atoms with van der Waals surface area (Å²) in [5.74, 6) is 0.0695. The molecule has 0 bridgehead atoms. The van der Waals surface area contributed by atoms with Gasteiger partial charge in [-0.15, -0.1) is 0 Å².